The fourth-order valence-corrected chi connectivity index (χ4v) is 13.8. The summed E-state index contributed by atoms with van der Waals surface area (Å²) in [6.45, 7) is 0. The van der Waals surface area contributed by atoms with Crippen LogP contribution in [0.15, 0.2) is 216 Å². The van der Waals surface area contributed by atoms with E-state index in [9.17, 15) is 16.8 Å². The number of pyridine rings is 3. The van der Waals surface area contributed by atoms with Crippen LogP contribution in [-0.2, 0) is 26.7 Å². The Morgan fingerprint density at radius 2 is 1.04 bits per heavy atom. The SMILES string of the molecule is CN1C2C(c3ccc(Cl)nc3)=C(S(=O)(=O)c3ccccc3)C1c1ccccc12.CN1C2CC(c3ccc(Cl)nc3)C1c1ccccc12.Cn1cc2ccccc2c1.O=S(=O)(C#Cc1ccc(Cl)nc1)c1ccccc1. The van der Waals surface area contributed by atoms with Gasteiger partial charge in [-0.1, -0.05) is 150 Å². The first-order valence-electron chi connectivity index (χ1n) is 24.0. The van der Waals surface area contributed by atoms with Gasteiger partial charge >= 0.3 is 0 Å². The van der Waals surface area contributed by atoms with Crippen molar-refractivity contribution in [1.82, 2.24) is 29.3 Å². The molecule has 4 aromatic heterocycles. The molecule has 5 atom stereocenters. The zero-order valence-corrected chi connectivity index (χ0v) is 44.8. The van der Waals surface area contributed by atoms with Gasteiger partial charge in [-0.15, -0.1) is 0 Å². The van der Waals surface area contributed by atoms with Crippen molar-refractivity contribution in [2.75, 3.05) is 14.1 Å². The average molecular weight is 1090 g/mol. The van der Waals surface area contributed by atoms with Crippen molar-refractivity contribution >= 4 is 70.8 Å². The van der Waals surface area contributed by atoms with Gasteiger partial charge in [0.15, 0.2) is 0 Å². The van der Waals surface area contributed by atoms with Crippen molar-refractivity contribution in [3.63, 3.8) is 0 Å². The first kappa shape index (κ1) is 51.6. The van der Waals surface area contributed by atoms with E-state index in [0.29, 0.717) is 48.8 Å². The molecule has 8 heterocycles. The van der Waals surface area contributed by atoms with Gasteiger partial charge in [-0.25, -0.2) is 31.8 Å². The number of sulfone groups is 2. The zero-order chi connectivity index (χ0) is 52.4. The molecular formula is C60H49Cl3N6O4S2. The number of rotatable bonds is 5. The molecule has 376 valence electrons. The normalized spacial score (nSPS) is 19.1. The Morgan fingerprint density at radius 3 is 1.61 bits per heavy atom. The molecule has 4 bridgehead atoms. The van der Waals surface area contributed by atoms with Crippen LogP contribution >= 0.6 is 34.8 Å². The molecule has 0 radical (unpaired) electrons. The number of likely N-dealkylation sites (N-methyl/N-ethyl adjacent to an activating group) is 2. The van der Waals surface area contributed by atoms with Gasteiger partial charge < -0.3 is 4.57 Å². The molecule has 75 heavy (non-hydrogen) atoms. The fourth-order valence-electron chi connectivity index (χ4n) is 10.7. The average Bonchev–Trinajstić information content (AvgIpc) is 4.23. The molecule has 0 amide bonds. The zero-order valence-electron chi connectivity index (χ0n) is 40.9. The number of halogens is 3. The summed E-state index contributed by atoms with van der Waals surface area (Å²) < 4.78 is 53.2. The number of aromatic nitrogens is 4. The third-order valence-electron chi connectivity index (χ3n) is 14.0. The molecule has 10 nitrogen and oxygen atoms in total. The number of hydrogen-bond donors (Lipinski definition) is 0. The van der Waals surface area contributed by atoms with E-state index < -0.39 is 19.7 Å². The topological polar surface area (TPSA) is 118 Å². The maximum absolute atomic E-state index is 13.7. The van der Waals surface area contributed by atoms with Gasteiger partial charge in [0, 0.05) is 66.8 Å². The molecule has 5 unspecified atom stereocenters. The summed E-state index contributed by atoms with van der Waals surface area (Å²) in [5, 5.41) is 6.16. The number of fused-ring (bicyclic) bond motifs is 11. The molecule has 1 fully saturated rings. The molecule has 0 spiro atoms. The van der Waals surface area contributed by atoms with Crippen LogP contribution in [0.1, 0.15) is 75.5 Å². The van der Waals surface area contributed by atoms with Crippen LogP contribution in [-0.4, -0.2) is 60.2 Å². The van der Waals surface area contributed by atoms with Crippen LogP contribution in [0.3, 0.4) is 0 Å². The second kappa shape index (κ2) is 21.7. The van der Waals surface area contributed by atoms with E-state index in [4.69, 9.17) is 34.8 Å². The minimum atomic E-state index is -3.68. The van der Waals surface area contributed by atoms with Crippen LogP contribution in [0.25, 0.3) is 16.3 Å². The highest BCUT2D eigenvalue weighted by Crippen LogP contribution is 2.61. The van der Waals surface area contributed by atoms with E-state index in [2.05, 4.69) is 121 Å². The Kier molecular flexibility index (Phi) is 14.9. The third-order valence-corrected chi connectivity index (χ3v) is 17.9. The summed E-state index contributed by atoms with van der Waals surface area (Å²) in [5.41, 5.74) is 8.57. The summed E-state index contributed by atoms with van der Waals surface area (Å²) in [6, 6.07) is 53.3. The van der Waals surface area contributed by atoms with Crippen molar-refractivity contribution in [3.05, 3.63) is 260 Å². The van der Waals surface area contributed by atoms with Gasteiger partial charge in [0.1, 0.15) is 15.5 Å². The van der Waals surface area contributed by atoms with E-state index >= 15 is 0 Å². The molecule has 4 aliphatic rings. The first-order valence-corrected chi connectivity index (χ1v) is 28.1. The minimum Gasteiger partial charge on any atom is -0.356 e. The van der Waals surface area contributed by atoms with Crippen LogP contribution in [0, 0.1) is 11.2 Å². The Labute approximate surface area is 452 Å². The Hall–Kier alpha value is -6.92. The van der Waals surface area contributed by atoms with Gasteiger partial charge in [0.2, 0.25) is 19.7 Å². The summed E-state index contributed by atoms with van der Waals surface area (Å²) in [6.07, 6.45) is 10.4. The standard InChI is InChI=1S/C22H17ClN2O2S.C16H15ClN2.C13H8ClNO2S.C9H9N/c1-25-20-16-9-5-6-10-17(16)21(25)22(19(20)14-11-12-18(23)24-13-14)28(26,27)15-7-3-2-4-8-15;1-19-14-8-13(10-6-7-15(17)18-9-10)16(19)12-5-3-2-4-11(12)14;14-13-7-6-11(10-15-13)8-9-18(16,17)12-4-2-1-3-5-12;1-10-6-8-4-2-3-5-9(8)7-10/h2-13,20-21H,1H3;2-7,9,13-14,16H,8H2,1H3;1-7,10H;2-7H,1H3. The molecular weight excluding hydrogens is 1040 g/mol. The quantitative estimate of drug-likeness (QED) is 0.123. The summed E-state index contributed by atoms with van der Waals surface area (Å²) >= 11 is 17.5. The Balaban J connectivity index is 0.000000120. The summed E-state index contributed by atoms with van der Waals surface area (Å²) in [7, 11) is -1.01. The molecule has 5 aromatic carbocycles. The predicted octanol–water partition coefficient (Wildman–Crippen LogP) is 13.3. The lowest BCUT2D eigenvalue weighted by Crippen LogP contribution is -2.18. The van der Waals surface area contributed by atoms with Crippen molar-refractivity contribution in [2.45, 2.75) is 46.3 Å². The summed E-state index contributed by atoms with van der Waals surface area (Å²) in [5.74, 6) is 3.09. The van der Waals surface area contributed by atoms with Gasteiger partial charge in [-0.2, -0.15) is 0 Å². The van der Waals surface area contributed by atoms with Crippen molar-refractivity contribution < 1.29 is 16.8 Å². The molecule has 0 N–H and O–H groups in total. The lowest BCUT2D eigenvalue weighted by Gasteiger charge is -2.23. The van der Waals surface area contributed by atoms with E-state index in [-0.39, 0.29) is 17.0 Å². The number of aryl methyl sites for hydroxylation is 1. The third kappa shape index (κ3) is 10.6. The number of benzene rings is 5. The Bertz CT molecular complexity index is 3820. The highest BCUT2D eigenvalue weighted by molar-refractivity contribution is 7.96. The lowest BCUT2D eigenvalue weighted by molar-refractivity contribution is 0.274. The first-order chi connectivity index (χ1) is 36.2. The van der Waals surface area contributed by atoms with Crippen molar-refractivity contribution in [3.8, 4) is 11.2 Å². The van der Waals surface area contributed by atoms with Crippen molar-refractivity contribution in [1.29, 1.82) is 0 Å². The molecule has 1 saturated heterocycles. The highest BCUT2D eigenvalue weighted by atomic mass is 35.5. The van der Waals surface area contributed by atoms with Gasteiger partial charge in [-0.3, -0.25) is 9.80 Å². The molecule has 0 saturated carbocycles. The fraction of sp³-hybridized carbons (Fsp3) is 0.150. The van der Waals surface area contributed by atoms with Gasteiger partial charge in [0.05, 0.1) is 26.8 Å². The second-order valence-electron chi connectivity index (χ2n) is 18.5. The number of nitrogens with zero attached hydrogens (tertiary/aromatic N) is 6. The van der Waals surface area contributed by atoms with Gasteiger partial charge in [0.25, 0.3) is 0 Å². The van der Waals surface area contributed by atoms with Crippen LogP contribution < -0.4 is 0 Å². The smallest absolute Gasteiger partial charge is 0.245 e. The van der Waals surface area contributed by atoms with Crippen molar-refractivity contribution in [2.24, 2.45) is 7.05 Å². The molecule has 15 heteroatoms. The molecule has 13 rings (SSSR count). The van der Waals surface area contributed by atoms with E-state index in [1.807, 2.05) is 56.7 Å². The minimum absolute atomic E-state index is 0.127. The van der Waals surface area contributed by atoms with E-state index in [0.717, 1.165) is 22.3 Å². The van der Waals surface area contributed by atoms with Crippen LogP contribution in [0.4, 0.5) is 0 Å². The molecule has 4 aliphatic heterocycles. The maximum Gasteiger partial charge on any atom is 0.245 e. The largest absolute Gasteiger partial charge is 0.356 e. The van der Waals surface area contributed by atoms with Gasteiger partial charge in [-0.05, 0) is 131 Å². The molecule has 9 aromatic rings. The van der Waals surface area contributed by atoms with E-state index in [1.165, 1.54) is 52.2 Å². The summed E-state index contributed by atoms with van der Waals surface area (Å²) in [4.78, 5) is 17.8. The maximum atomic E-state index is 13.7. The van der Waals surface area contributed by atoms with E-state index in [1.54, 1.807) is 66.9 Å². The lowest BCUT2D eigenvalue weighted by atomic mass is 9.80. The molecule has 0 aliphatic carbocycles. The van der Waals surface area contributed by atoms with Crippen LogP contribution in [0.5, 0.6) is 0 Å². The second-order valence-corrected chi connectivity index (χ2v) is 23.3. The monoisotopic (exact) mass is 1090 g/mol. The Morgan fingerprint density at radius 1 is 0.520 bits per heavy atom. The predicted molar refractivity (Wildman–Crippen MR) is 298 cm³/mol. The highest BCUT2D eigenvalue weighted by Gasteiger charge is 2.52. The van der Waals surface area contributed by atoms with Crippen LogP contribution in [0.2, 0.25) is 15.5 Å². The number of hydrogen-bond acceptors (Lipinski definition) is 9.